The van der Waals surface area contributed by atoms with Gasteiger partial charge in [-0.15, -0.1) is 0 Å². The highest BCUT2D eigenvalue weighted by Crippen LogP contribution is 2.28. The number of benzene rings is 1. The van der Waals surface area contributed by atoms with E-state index in [0.717, 1.165) is 19.4 Å². The molecule has 2 aromatic rings. The summed E-state index contributed by atoms with van der Waals surface area (Å²) in [5.74, 6) is 0.147. The van der Waals surface area contributed by atoms with Crippen molar-refractivity contribution >= 4 is 29.2 Å². The molecule has 24 heavy (non-hydrogen) atoms. The number of hydrogen-bond donors (Lipinski definition) is 1. The van der Waals surface area contributed by atoms with Crippen LogP contribution in [0.4, 0.5) is 5.82 Å². The number of carbonyl (C=O) groups is 2. The fourth-order valence-corrected chi connectivity index (χ4v) is 3.00. The summed E-state index contributed by atoms with van der Waals surface area (Å²) in [6.07, 6.45) is 1.92. The molecule has 0 saturated heterocycles. The average Bonchev–Trinajstić information content (AvgIpc) is 2.76. The van der Waals surface area contributed by atoms with Gasteiger partial charge < -0.3 is 14.6 Å². The van der Waals surface area contributed by atoms with E-state index in [-0.39, 0.29) is 5.78 Å². The van der Waals surface area contributed by atoms with Gasteiger partial charge in [-0.25, -0.2) is 4.79 Å². The van der Waals surface area contributed by atoms with Crippen LogP contribution in [0.3, 0.4) is 0 Å². The van der Waals surface area contributed by atoms with Gasteiger partial charge in [0, 0.05) is 23.7 Å². The van der Waals surface area contributed by atoms with Crippen LogP contribution in [0, 0.1) is 0 Å². The van der Waals surface area contributed by atoms with Crippen molar-refractivity contribution in [3.8, 4) is 0 Å². The van der Waals surface area contributed by atoms with Crippen molar-refractivity contribution in [2.75, 3.05) is 18.5 Å². The van der Waals surface area contributed by atoms with E-state index in [9.17, 15) is 9.59 Å². The molecular weight excluding hydrogens is 328 g/mol. The molecule has 0 atom stereocenters. The first-order valence-corrected chi connectivity index (χ1v) is 8.44. The predicted molar refractivity (Wildman–Crippen MR) is 93.0 cm³/mol. The van der Waals surface area contributed by atoms with E-state index in [1.54, 1.807) is 37.3 Å². The predicted octanol–water partition coefficient (Wildman–Crippen LogP) is 3.75. The smallest absolute Gasteiger partial charge is 0.355 e. The summed E-state index contributed by atoms with van der Waals surface area (Å²) in [4.78, 5) is 25.1. The maximum Gasteiger partial charge on any atom is 0.355 e. The molecule has 0 aliphatic carbocycles. The fourth-order valence-electron chi connectivity index (χ4n) is 2.88. The third-order valence-corrected chi connectivity index (χ3v) is 4.29. The van der Waals surface area contributed by atoms with Gasteiger partial charge in [-0.2, -0.15) is 0 Å². The summed E-state index contributed by atoms with van der Waals surface area (Å²) in [5, 5.41) is 3.86. The summed E-state index contributed by atoms with van der Waals surface area (Å²) < 4.78 is 6.99. The molecule has 1 aromatic carbocycles. The lowest BCUT2D eigenvalue weighted by Gasteiger charge is -2.10. The first kappa shape index (κ1) is 16.6. The Morgan fingerprint density at radius 1 is 1.25 bits per heavy atom. The zero-order valence-electron chi connectivity index (χ0n) is 13.5. The van der Waals surface area contributed by atoms with E-state index in [4.69, 9.17) is 16.3 Å². The zero-order valence-corrected chi connectivity index (χ0v) is 14.2. The van der Waals surface area contributed by atoms with E-state index in [1.807, 2.05) is 4.57 Å². The molecule has 2 heterocycles. The lowest BCUT2D eigenvalue weighted by Crippen LogP contribution is -2.13. The largest absolute Gasteiger partial charge is 0.461 e. The number of hydrogen-bond acceptors (Lipinski definition) is 4. The summed E-state index contributed by atoms with van der Waals surface area (Å²) in [6, 6.07) is 8.37. The van der Waals surface area contributed by atoms with Gasteiger partial charge in [-0.1, -0.05) is 11.6 Å². The SMILES string of the molecule is CCOC(=O)c1cc(C(=O)c2ccc(Cl)cc2)c2n1CCCCN2. The normalized spacial score (nSPS) is 13.6. The van der Waals surface area contributed by atoms with E-state index in [1.165, 1.54) is 0 Å². The van der Waals surface area contributed by atoms with Crippen LogP contribution in [0.2, 0.25) is 5.02 Å². The van der Waals surface area contributed by atoms with Crippen LogP contribution >= 0.6 is 11.6 Å². The number of halogens is 1. The van der Waals surface area contributed by atoms with E-state index < -0.39 is 5.97 Å². The van der Waals surface area contributed by atoms with Gasteiger partial charge in [0.15, 0.2) is 5.78 Å². The Bertz CT molecular complexity index is 765. The Morgan fingerprint density at radius 2 is 2.00 bits per heavy atom. The lowest BCUT2D eigenvalue weighted by molar-refractivity contribution is 0.0514. The highest BCUT2D eigenvalue weighted by atomic mass is 35.5. The number of ketones is 1. The van der Waals surface area contributed by atoms with Crippen molar-refractivity contribution in [1.82, 2.24) is 4.57 Å². The minimum atomic E-state index is -0.405. The maximum absolute atomic E-state index is 12.9. The molecular formula is C18H19ClN2O3. The zero-order chi connectivity index (χ0) is 17.1. The topological polar surface area (TPSA) is 60.3 Å². The highest BCUT2D eigenvalue weighted by Gasteiger charge is 2.26. The van der Waals surface area contributed by atoms with Crippen LogP contribution in [-0.2, 0) is 11.3 Å². The monoisotopic (exact) mass is 346 g/mol. The van der Waals surface area contributed by atoms with Gasteiger partial charge >= 0.3 is 5.97 Å². The minimum Gasteiger partial charge on any atom is -0.461 e. The number of anilines is 1. The molecule has 1 N–H and O–H groups in total. The van der Waals surface area contributed by atoms with Gasteiger partial charge in [-0.3, -0.25) is 4.79 Å². The first-order chi connectivity index (χ1) is 11.6. The average molecular weight is 347 g/mol. The summed E-state index contributed by atoms with van der Waals surface area (Å²) in [7, 11) is 0. The molecule has 0 fully saturated rings. The Balaban J connectivity index is 2.05. The molecule has 0 bridgehead atoms. The molecule has 1 aliphatic rings. The number of nitrogens with zero attached hydrogens (tertiary/aromatic N) is 1. The third-order valence-electron chi connectivity index (χ3n) is 4.03. The molecule has 1 aromatic heterocycles. The summed E-state index contributed by atoms with van der Waals surface area (Å²) >= 11 is 5.89. The number of ether oxygens (including phenoxy) is 1. The Labute approximate surface area is 145 Å². The van der Waals surface area contributed by atoms with Gasteiger partial charge in [0.05, 0.1) is 12.2 Å². The fraction of sp³-hybridized carbons (Fsp3) is 0.333. The number of esters is 1. The van der Waals surface area contributed by atoms with Gasteiger partial charge in [-0.05, 0) is 50.1 Å². The van der Waals surface area contributed by atoms with Crippen molar-refractivity contribution in [3.63, 3.8) is 0 Å². The second-order valence-electron chi connectivity index (χ2n) is 5.63. The Morgan fingerprint density at radius 3 is 2.71 bits per heavy atom. The first-order valence-electron chi connectivity index (χ1n) is 8.06. The maximum atomic E-state index is 12.9. The molecule has 0 unspecified atom stereocenters. The molecule has 0 amide bonds. The van der Waals surface area contributed by atoms with Crippen molar-refractivity contribution in [3.05, 3.63) is 52.2 Å². The number of carbonyl (C=O) groups excluding carboxylic acids is 2. The molecule has 0 spiro atoms. The molecule has 3 rings (SSSR count). The van der Waals surface area contributed by atoms with E-state index in [0.29, 0.717) is 40.8 Å². The highest BCUT2D eigenvalue weighted by molar-refractivity contribution is 6.30. The van der Waals surface area contributed by atoms with Crippen LogP contribution in [0.25, 0.3) is 0 Å². The van der Waals surface area contributed by atoms with Crippen molar-refractivity contribution in [2.24, 2.45) is 0 Å². The Hall–Kier alpha value is -2.27. The third kappa shape index (κ3) is 3.17. The van der Waals surface area contributed by atoms with Crippen LogP contribution < -0.4 is 5.32 Å². The Kier molecular flexibility index (Phi) is 4.90. The second-order valence-corrected chi connectivity index (χ2v) is 6.07. The van der Waals surface area contributed by atoms with Crippen LogP contribution in [0.5, 0.6) is 0 Å². The van der Waals surface area contributed by atoms with Gasteiger partial charge in [0.25, 0.3) is 0 Å². The number of nitrogens with one attached hydrogen (secondary N) is 1. The quantitative estimate of drug-likeness (QED) is 0.676. The lowest BCUT2D eigenvalue weighted by atomic mass is 10.1. The standard InChI is InChI=1S/C18H19ClN2O3/c1-2-24-18(23)15-11-14(17-20-9-3-4-10-21(15)17)16(22)12-5-7-13(19)8-6-12/h5-8,11,20H,2-4,9-10H2,1H3. The number of aromatic nitrogens is 1. The van der Waals surface area contributed by atoms with Crippen LogP contribution in [-0.4, -0.2) is 29.5 Å². The van der Waals surface area contributed by atoms with Crippen molar-refractivity contribution in [1.29, 1.82) is 0 Å². The minimum absolute atomic E-state index is 0.139. The van der Waals surface area contributed by atoms with Crippen molar-refractivity contribution < 1.29 is 14.3 Å². The van der Waals surface area contributed by atoms with Gasteiger partial charge in [0.2, 0.25) is 0 Å². The number of fused-ring (bicyclic) bond motifs is 1. The summed E-state index contributed by atoms with van der Waals surface area (Å²) in [5.41, 5.74) is 1.44. The summed E-state index contributed by atoms with van der Waals surface area (Å²) in [6.45, 7) is 3.52. The molecule has 0 saturated carbocycles. The van der Waals surface area contributed by atoms with Crippen molar-refractivity contribution in [2.45, 2.75) is 26.3 Å². The molecule has 0 radical (unpaired) electrons. The van der Waals surface area contributed by atoms with Gasteiger partial charge in [0.1, 0.15) is 11.5 Å². The molecule has 5 nitrogen and oxygen atoms in total. The second kappa shape index (κ2) is 7.09. The van der Waals surface area contributed by atoms with Crippen LogP contribution in [0.15, 0.2) is 30.3 Å². The molecule has 6 heteroatoms. The molecule has 126 valence electrons. The van der Waals surface area contributed by atoms with Crippen LogP contribution in [0.1, 0.15) is 46.2 Å². The number of rotatable bonds is 4. The molecule has 1 aliphatic heterocycles. The van der Waals surface area contributed by atoms with E-state index >= 15 is 0 Å². The van der Waals surface area contributed by atoms with E-state index in [2.05, 4.69) is 5.32 Å².